The molecule has 132 valence electrons. The van der Waals surface area contributed by atoms with Gasteiger partial charge in [-0.05, 0) is 43.2 Å². The van der Waals surface area contributed by atoms with E-state index in [0.29, 0.717) is 19.8 Å². The lowest BCUT2D eigenvalue weighted by molar-refractivity contribution is -0.142. The average molecular weight is 341 g/mol. The number of anilines is 1. The molecule has 2 aromatic carbocycles. The summed E-state index contributed by atoms with van der Waals surface area (Å²) in [4.78, 5) is 12.2. The summed E-state index contributed by atoms with van der Waals surface area (Å²) in [6.07, 6.45) is -0.601. The Bertz CT molecular complexity index is 711. The highest BCUT2D eigenvalue weighted by atomic mass is 16.6. The lowest BCUT2D eigenvalue weighted by atomic mass is 10.1. The van der Waals surface area contributed by atoms with Gasteiger partial charge in [0.15, 0.2) is 6.10 Å². The van der Waals surface area contributed by atoms with E-state index in [1.807, 2.05) is 62.4 Å². The second-order valence-corrected chi connectivity index (χ2v) is 6.07. The summed E-state index contributed by atoms with van der Waals surface area (Å²) in [5.74, 6) is 0.582. The Hall–Kier alpha value is -2.37. The van der Waals surface area contributed by atoms with Crippen molar-refractivity contribution in [2.45, 2.75) is 26.1 Å². The molecule has 2 unspecified atom stereocenters. The molecule has 1 fully saturated rings. The summed E-state index contributed by atoms with van der Waals surface area (Å²) in [6, 6.07) is 15.7. The predicted molar refractivity (Wildman–Crippen MR) is 95.9 cm³/mol. The number of ether oxygens (including phenoxy) is 3. The fourth-order valence-electron chi connectivity index (χ4n) is 2.70. The quantitative estimate of drug-likeness (QED) is 0.904. The first-order valence-electron chi connectivity index (χ1n) is 8.46. The molecule has 25 heavy (non-hydrogen) atoms. The van der Waals surface area contributed by atoms with Gasteiger partial charge in [0.05, 0.1) is 19.8 Å². The SMILES string of the molecule is Cc1cc(OC(C)c2ccccc2)ccc1NC(=O)C1COCCO1. The normalized spacial score (nSPS) is 18.4. The van der Waals surface area contributed by atoms with E-state index in [9.17, 15) is 4.79 Å². The number of amides is 1. The molecule has 1 heterocycles. The van der Waals surface area contributed by atoms with Crippen LogP contribution < -0.4 is 10.1 Å². The number of hydrogen-bond acceptors (Lipinski definition) is 4. The lowest BCUT2D eigenvalue weighted by Crippen LogP contribution is -2.39. The van der Waals surface area contributed by atoms with Crippen LogP contribution in [-0.4, -0.2) is 31.8 Å². The maximum absolute atomic E-state index is 12.2. The third kappa shape index (κ3) is 4.59. The molecule has 1 aliphatic rings. The molecular weight excluding hydrogens is 318 g/mol. The minimum Gasteiger partial charge on any atom is -0.486 e. The molecule has 0 spiro atoms. The molecular formula is C20H23NO4. The molecule has 0 saturated carbocycles. The Labute approximate surface area is 147 Å². The van der Waals surface area contributed by atoms with E-state index in [1.165, 1.54) is 0 Å². The third-order valence-electron chi connectivity index (χ3n) is 4.15. The van der Waals surface area contributed by atoms with E-state index >= 15 is 0 Å². The topological polar surface area (TPSA) is 56.8 Å². The van der Waals surface area contributed by atoms with Gasteiger partial charge < -0.3 is 19.5 Å². The van der Waals surface area contributed by atoms with Crippen LogP contribution in [0.2, 0.25) is 0 Å². The standard InChI is InChI=1S/C20H23NO4/c1-14-12-17(25-15(2)16-6-4-3-5-7-16)8-9-18(14)21-20(22)19-13-23-10-11-24-19/h3-9,12,15,19H,10-11,13H2,1-2H3,(H,21,22). The largest absolute Gasteiger partial charge is 0.486 e. The number of carbonyl (C=O) groups excluding carboxylic acids is 1. The molecule has 1 saturated heterocycles. The number of carbonyl (C=O) groups is 1. The highest BCUT2D eigenvalue weighted by Gasteiger charge is 2.23. The number of benzene rings is 2. The smallest absolute Gasteiger partial charge is 0.255 e. The van der Waals surface area contributed by atoms with Gasteiger partial charge in [-0.15, -0.1) is 0 Å². The minimum atomic E-state index is -0.554. The molecule has 2 atom stereocenters. The molecule has 0 radical (unpaired) electrons. The Morgan fingerprint density at radius 2 is 2.00 bits per heavy atom. The van der Waals surface area contributed by atoms with E-state index in [1.54, 1.807) is 0 Å². The summed E-state index contributed by atoms with van der Waals surface area (Å²) in [5.41, 5.74) is 2.80. The van der Waals surface area contributed by atoms with Crippen molar-refractivity contribution in [3.8, 4) is 5.75 Å². The second kappa shape index (κ2) is 8.14. The molecule has 0 aromatic heterocycles. The summed E-state index contributed by atoms with van der Waals surface area (Å²) < 4.78 is 16.7. The van der Waals surface area contributed by atoms with E-state index < -0.39 is 6.10 Å². The van der Waals surface area contributed by atoms with Gasteiger partial charge in [-0.25, -0.2) is 0 Å². The van der Waals surface area contributed by atoms with Crippen LogP contribution in [0.3, 0.4) is 0 Å². The number of rotatable bonds is 5. The first-order valence-corrected chi connectivity index (χ1v) is 8.46. The first kappa shape index (κ1) is 17.5. The minimum absolute atomic E-state index is 0.0474. The van der Waals surface area contributed by atoms with Crippen molar-refractivity contribution >= 4 is 11.6 Å². The molecule has 5 heteroatoms. The van der Waals surface area contributed by atoms with Crippen molar-refractivity contribution in [3.05, 3.63) is 59.7 Å². The Balaban J connectivity index is 1.63. The summed E-state index contributed by atoms with van der Waals surface area (Å²) in [6.45, 7) is 5.23. The van der Waals surface area contributed by atoms with E-state index in [0.717, 1.165) is 22.6 Å². The van der Waals surface area contributed by atoms with Gasteiger partial charge in [-0.3, -0.25) is 4.79 Å². The van der Waals surface area contributed by atoms with Gasteiger partial charge in [-0.2, -0.15) is 0 Å². The summed E-state index contributed by atoms with van der Waals surface area (Å²) in [7, 11) is 0. The van der Waals surface area contributed by atoms with Gasteiger partial charge in [0.2, 0.25) is 0 Å². The zero-order valence-electron chi connectivity index (χ0n) is 14.5. The van der Waals surface area contributed by atoms with Crippen LogP contribution in [-0.2, 0) is 14.3 Å². The van der Waals surface area contributed by atoms with Crippen LogP contribution in [0, 0.1) is 6.92 Å². The van der Waals surface area contributed by atoms with E-state index in [2.05, 4.69) is 5.32 Å². The number of aryl methyl sites for hydroxylation is 1. The van der Waals surface area contributed by atoms with Crippen LogP contribution >= 0.6 is 0 Å². The van der Waals surface area contributed by atoms with Gasteiger partial charge in [0.25, 0.3) is 5.91 Å². The highest BCUT2D eigenvalue weighted by molar-refractivity contribution is 5.95. The van der Waals surface area contributed by atoms with Gasteiger partial charge in [0.1, 0.15) is 11.9 Å². The van der Waals surface area contributed by atoms with Crippen molar-refractivity contribution in [3.63, 3.8) is 0 Å². The summed E-state index contributed by atoms with van der Waals surface area (Å²) >= 11 is 0. The maximum atomic E-state index is 12.2. The van der Waals surface area contributed by atoms with Gasteiger partial charge in [0, 0.05) is 5.69 Å². The first-order chi connectivity index (χ1) is 12.1. The molecule has 1 aliphatic heterocycles. The third-order valence-corrected chi connectivity index (χ3v) is 4.15. The zero-order valence-corrected chi connectivity index (χ0v) is 14.5. The zero-order chi connectivity index (χ0) is 17.6. The van der Waals surface area contributed by atoms with Crippen molar-refractivity contribution in [2.75, 3.05) is 25.1 Å². The average Bonchev–Trinajstić information content (AvgIpc) is 2.65. The van der Waals surface area contributed by atoms with Crippen LogP contribution in [0.4, 0.5) is 5.69 Å². The van der Waals surface area contributed by atoms with Gasteiger partial charge >= 0.3 is 0 Å². The van der Waals surface area contributed by atoms with Gasteiger partial charge in [-0.1, -0.05) is 30.3 Å². The van der Waals surface area contributed by atoms with Crippen molar-refractivity contribution < 1.29 is 19.0 Å². The molecule has 3 rings (SSSR count). The Kier molecular flexibility index (Phi) is 5.68. The van der Waals surface area contributed by atoms with Crippen molar-refractivity contribution in [1.82, 2.24) is 0 Å². The number of hydrogen-bond donors (Lipinski definition) is 1. The predicted octanol–water partition coefficient (Wildman–Crippen LogP) is 3.49. The molecule has 0 bridgehead atoms. The van der Waals surface area contributed by atoms with Crippen LogP contribution in [0.25, 0.3) is 0 Å². The lowest BCUT2D eigenvalue weighted by Gasteiger charge is -2.22. The Morgan fingerprint density at radius 1 is 1.20 bits per heavy atom. The monoisotopic (exact) mass is 341 g/mol. The molecule has 0 aliphatic carbocycles. The second-order valence-electron chi connectivity index (χ2n) is 6.07. The maximum Gasteiger partial charge on any atom is 0.255 e. The fourth-order valence-corrected chi connectivity index (χ4v) is 2.70. The Morgan fingerprint density at radius 3 is 2.68 bits per heavy atom. The van der Waals surface area contributed by atoms with Crippen LogP contribution in [0.5, 0.6) is 5.75 Å². The van der Waals surface area contributed by atoms with E-state index in [-0.39, 0.29) is 12.0 Å². The number of nitrogens with one attached hydrogen (secondary N) is 1. The molecule has 2 aromatic rings. The summed E-state index contributed by atoms with van der Waals surface area (Å²) in [5, 5.41) is 2.89. The highest BCUT2D eigenvalue weighted by Crippen LogP contribution is 2.26. The van der Waals surface area contributed by atoms with E-state index in [4.69, 9.17) is 14.2 Å². The molecule has 5 nitrogen and oxygen atoms in total. The van der Waals surface area contributed by atoms with Crippen molar-refractivity contribution in [2.24, 2.45) is 0 Å². The van der Waals surface area contributed by atoms with Crippen LogP contribution in [0.15, 0.2) is 48.5 Å². The molecule has 1 N–H and O–H groups in total. The van der Waals surface area contributed by atoms with Crippen molar-refractivity contribution in [1.29, 1.82) is 0 Å². The fraction of sp³-hybridized carbons (Fsp3) is 0.350. The molecule has 1 amide bonds. The van der Waals surface area contributed by atoms with Crippen LogP contribution in [0.1, 0.15) is 24.2 Å².